The first kappa shape index (κ1) is 17.8. The molecule has 0 aromatic heterocycles. The highest BCUT2D eigenvalue weighted by Crippen LogP contribution is 2.29. The van der Waals surface area contributed by atoms with Crippen LogP contribution >= 0.6 is 0 Å². The highest BCUT2D eigenvalue weighted by atomic mass is 16.2. The lowest BCUT2D eigenvalue weighted by molar-refractivity contribution is -0.132. The molecule has 1 saturated heterocycles. The molecule has 5 nitrogen and oxygen atoms in total. The second kappa shape index (κ2) is 8.37. The Morgan fingerprint density at radius 1 is 1.20 bits per heavy atom. The SMILES string of the molecule is CCN(C(=O)CNc1ccccc1N1CCCC1=O)C1CCCCC1. The van der Waals surface area contributed by atoms with Gasteiger partial charge in [-0.05, 0) is 38.3 Å². The number of likely N-dealkylation sites (N-methyl/N-ethyl adjacent to an activating group) is 1. The number of rotatable bonds is 6. The van der Waals surface area contributed by atoms with E-state index in [0.717, 1.165) is 43.7 Å². The first-order valence-electron chi connectivity index (χ1n) is 9.63. The molecular formula is C20H29N3O2. The summed E-state index contributed by atoms with van der Waals surface area (Å²) >= 11 is 0. The lowest BCUT2D eigenvalue weighted by Crippen LogP contribution is -2.44. The van der Waals surface area contributed by atoms with Crippen molar-refractivity contribution in [2.75, 3.05) is 29.9 Å². The highest BCUT2D eigenvalue weighted by Gasteiger charge is 2.26. The number of carbonyl (C=O) groups excluding carboxylic acids is 2. The third-order valence-corrected chi connectivity index (χ3v) is 5.37. The Balaban J connectivity index is 1.64. The molecule has 2 fully saturated rings. The smallest absolute Gasteiger partial charge is 0.242 e. The van der Waals surface area contributed by atoms with E-state index in [9.17, 15) is 9.59 Å². The summed E-state index contributed by atoms with van der Waals surface area (Å²) in [6.45, 7) is 3.86. The zero-order chi connectivity index (χ0) is 17.6. The van der Waals surface area contributed by atoms with Gasteiger partial charge in [0.05, 0.1) is 17.9 Å². The second-order valence-electron chi connectivity index (χ2n) is 6.99. The van der Waals surface area contributed by atoms with Crippen molar-refractivity contribution in [1.82, 2.24) is 4.90 Å². The summed E-state index contributed by atoms with van der Waals surface area (Å²) in [7, 11) is 0. The molecule has 136 valence electrons. The summed E-state index contributed by atoms with van der Waals surface area (Å²) < 4.78 is 0. The molecule has 1 heterocycles. The topological polar surface area (TPSA) is 52.7 Å². The van der Waals surface area contributed by atoms with E-state index in [-0.39, 0.29) is 18.4 Å². The van der Waals surface area contributed by atoms with Gasteiger partial charge in [0.1, 0.15) is 0 Å². The molecule has 1 N–H and O–H groups in total. The van der Waals surface area contributed by atoms with Crippen LogP contribution in [0.2, 0.25) is 0 Å². The minimum atomic E-state index is 0.150. The Morgan fingerprint density at radius 2 is 1.96 bits per heavy atom. The standard InChI is InChI=1S/C20H29N3O2/c1-2-22(16-9-4-3-5-10-16)20(25)15-21-17-11-6-7-12-18(17)23-14-8-13-19(23)24/h6-7,11-12,16,21H,2-5,8-10,13-15H2,1H3. The molecule has 0 atom stereocenters. The molecule has 1 aromatic carbocycles. The van der Waals surface area contributed by atoms with Gasteiger partial charge in [-0.25, -0.2) is 0 Å². The number of para-hydroxylation sites is 2. The zero-order valence-corrected chi connectivity index (χ0v) is 15.2. The molecule has 0 radical (unpaired) electrons. The van der Waals surface area contributed by atoms with Gasteiger partial charge in [0.2, 0.25) is 11.8 Å². The van der Waals surface area contributed by atoms with Crippen molar-refractivity contribution in [2.45, 2.75) is 57.9 Å². The molecule has 2 aliphatic rings. The maximum Gasteiger partial charge on any atom is 0.242 e. The summed E-state index contributed by atoms with van der Waals surface area (Å²) in [5.41, 5.74) is 1.75. The highest BCUT2D eigenvalue weighted by molar-refractivity contribution is 5.98. The Kier molecular flexibility index (Phi) is 5.95. The van der Waals surface area contributed by atoms with Gasteiger partial charge >= 0.3 is 0 Å². The molecule has 0 unspecified atom stereocenters. The van der Waals surface area contributed by atoms with Crippen LogP contribution in [0.15, 0.2) is 24.3 Å². The molecule has 1 aromatic rings. The molecule has 0 bridgehead atoms. The van der Waals surface area contributed by atoms with Crippen LogP contribution in [0, 0.1) is 0 Å². The Labute approximate surface area is 150 Å². The molecule has 0 spiro atoms. The van der Waals surface area contributed by atoms with Crippen molar-refractivity contribution in [3.63, 3.8) is 0 Å². The van der Waals surface area contributed by atoms with Gasteiger partial charge in [0, 0.05) is 25.6 Å². The van der Waals surface area contributed by atoms with Crippen molar-refractivity contribution >= 4 is 23.2 Å². The third kappa shape index (κ3) is 4.14. The zero-order valence-electron chi connectivity index (χ0n) is 15.2. The summed E-state index contributed by atoms with van der Waals surface area (Å²) in [6, 6.07) is 8.17. The van der Waals surface area contributed by atoms with E-state index in [1.165, 1.54) is 19.3 Å². The maximum absolute atomic E-state index is 12.7. The van der Waals surface area contributed by atoms with E-state index in [1.807, 2.05) is 34.1 Å². The van der Waals surface area contributed by atoms with Gasteiger partial charge in [0.25, 0.3) is 0 Å². The van der Waals surface area contributed by atoms with E-state index >= 15 is 0 Å². The third-order valence-electron chi connectivity index (χ3n) is 5.37. The number of nitrogens with one attached hydrogen (secondary N) is 1. The van der Waals surface area contributed by atoms with Crippen LogP contribution in [0.5, 0.6) is 0 Å². The number of benzene rings is 1. The number of carbonyl (C=O) groups is 2. The summed E-state index contributed by atoms with van der Waals surface area (Å²) in [6.07, 6.45) is 7.49. The van der Waals surface area contributed by atoms with Gasteiger partial charge in [0.15, 0.2) is 0 Å². The number of nitrogens with zero attached hydrogens (tertiary/aromatic N) is 2. The summed E-state index contributed by atoms with van der Waals surface area (Å²) in [5.74, 6) is 0.315. The summed E-state index contributed by atoms with van der Waals surface area (Å²) in [4.78, 5) is 28.6. The minimum absolute atomic E-state index is 0.150. The van der Waals surface area contributed by atoms with Crippen molar-refractivity contribution in [1.29, 1.82) is 0 Å². The van der Waals surface area contributed by atoms with Crippen LogP contribution in [0.3, 0.4) is 0 Å². The average molecular weight is 343 g/mol. The van der Waals surface area contributed by atoms with E-state index < -0.39 is 0 Å². The van der Waals surface area contributed by atoms with Crippen LogP contribution in [0.4, 0.5) is 11.4 Å². The fraction of sp³-hybridized carbons (Fsp3) is 0.600. The van der Waals surface area contributed by atoms with Gasteiger partial charge < -0.3 is 15.1 Å². The first-order valence-corrected chi connectivity index (χ1v) is 9.63. The first-order chi connectivity index (χ1) is 12.2. The van der Waals surface area contributed by atoms with Crippen LogP contribution < -0.4 is 10.2 Å². The number of hydrogen-bond acceptors (Lipinski definition) is 3. The van der Waals surface area contributed by atoms with E-state index in [2.05, 4.69) is 12.2 Å². The van der Waals surface area contributed by atoms with E-state index in [0.29, 0.717) is 12.5 Å². The molecule has 2 amide bonds. The lowest BCUT2D eigenvalue weighted by Gasteiger charge is -2.34. The molecule has 3 rings (SSSR count). The minimum Gasteiger partial charge on any atom is -0.374 e. The average Bonchev–Trinajstić information content (AvgIpc) is 3.07. The number of hydrogen-bond donors (Lipinski definition) is 1. The predicted molar refractivity (Wildman–Crippen MR) is 101 cm³/mol. The molecule has 25 heavy (non-hydrogen) atoms. The Morgan fingerprint density at radius 3 is 2.64 bits per heavy atom. The van der Waals surface area contributed by atoms with Crippen LogP contribution in [0.25, 0.3) is 0 Å². The quantitative estimate of drug-likeness (QED) is 0.861. The van der Waals surface area contributed by atoms with Crippen molar-refractivity contribution in [2.24, 2.45) is 0 Å². The van der Waals surface area contributed by atoms with Crippen LogP contribution in [0.1, 0.15) is 51.9 Å². The largest absolute Gasteiger partial charge is 0.374 e. The molecule has 1 aliphatic heterocycles. The maximum atomic E-state index is 12.7. The lowest BCUT2D eigenvalue weighted by atomic mass is 9.94. The van der Waals surface area contributed by atoms with Crippen LogP contribution in [-0.4, -0.2) is 42.4 Å². The Bertz CT molecular complexity index is 611. The second-order valence-corrected chi connectivity index (χ2v) is 6.99. The fourth-order valence-electron chi connectivity index (χ4n) is 4.06. The molecule has 5 heteroatoms. The predicted octanol–water partition coefficient (Wildman–Crippen LogP) is 3.41. The van der Waals surface area contributed by atoms with Gasteiger partial charge in [-0.1, -0.05) is 31.4 Å². The molecule has 1 saturated carbocycles. The van der Waals surface area contributed by atoms with Gasteiger partial charge in [-0.2, -0.15) is 0 Å². The normalized spacial score (nSPS) is 18.4. The van der Waals surface area contributed by atoms with Gasteiger partial charge in [-0.15, -0.1) is 0 Å². The number of anilines is 2. The van der Waals surface area contributed by atoms with Crippen molar-refractivity contribution in [3.05, 3.63) is 24.3 Å². The van der Waals surface area contributed by atoms with Crippen molar-refractivity contribution < 1.29 is 9.59 Å². The summed E-state index contributed by atoms with van der Waals surface area (Å²) in [5, 5.41) is 3.28. The van der Waals surface area contributed by atoms with Crippen LogP contribution in [-0.2, 0) is 9.59 Å². The Hall–Kier alpha value is -2.04. The molecule has 1 aliphatic carbocycles. The fourth-order valence-corrected chi connectivity index (χ4v) is 4.06. The molecular weight excluding hydrogens is 314 g/mol. The van der Waals surface area contributed by atoms with Crippen molar-refractivity contribution in [3.8, 4) is 0 Å². The van der Waals surface area contributed by atoms with Gasteiger partial charge in [-0.3, -0.25) is 9.59 Å². The number of amides is 2. The van der Waals surface area contributed by atoms with E-state index in [1.54, 1.807) is 0 Å². The monoisotopic (exact) mass is 343 g/mol. The van der Waals surface area contributed by atoms with E-state index in [4.69, 9.17) is 0 Å².